The molecule has 9 nitrogen and oxygen atoms in total. The average Bonchev–Trinajstić information content (AvgIpc) is 2.97. The first-order chi connectivity index (χ1) is 21.2. The van der Waals surface area contributed by atoms with Crippen LogP contribution >= 0.6 is 0 Å². The van der Waals surface area contributed by atoms with Gasteiger partial charge in [-0.3, -0.25) is 9.59 Å². The summed E-state index contributed by atoms with van der Waals surface area (Å²) in [4.78, 5) is 38.3. The molecule has 2 aromatic carbocycles. The third-order valence-electron chi connectivity index (χ3n) is 7.74. The number of nitrogens with one attached hydrogen (secondary N) is 2. The van der Waals surface area contributed by atoms with Crippen LogP contribution in [-0.2, 0) is 24.7 Å². The fourth-order valence-electron chi connectivity index (χ4n) is 5.26. The Morgan fingerprint density at radius 1 is 1.16 bits per heavy atom. The maximum Gasteiger partial charge on any atom is 0.408 e. The van der Waals surface area contributed by atoms with Crippen molar-refractivity contribution in [1.82, 2.24) is 9.88 Å². The number of aromatic nitrogens is 1. The summed E-state index contributed by atoms with van der Waals surface area (Å²) in [5, 5.41) is 14.0. The number of rotatable bonds is 10. The smallest absolute Gasteiger partial charge is 0.408 e. The van der Waals surface area contributed by atoms with Crippen LogP contribution in [0.25, 0.3) is 11.1 Å². The van der Waals surface area contributed by atoms with E-state index in [9.17, 15) is 41.4 Å². The first kappa shape index (κ1) is 33.3. The van der Waals surface area contributed by atoms with E-state index in [0.717, 1.165) is 0 Å². The number of carboxylic acids is 1. The SMILES string of the molecule is CCC(Nc1cc(F)c(C(=O)NC(Cc2ccc(-c3c(OC)cc(C)n(C)c3=O)c3c2CCCO3)C(=O)O)c(F)c1)C(F)(F)F. The van der Waals surface area contributed by atoms with Gasteiger partial charge in [0.05, 0.1) is 19.3 Å². The number of carbonyl (C=O) groups excluding carboxylic acids is 1. The molecule has 0 spiro atoms. The standard InChI is InChI=1S/C31H32F5N3O6/c1-5-24(31(34,35)36)37-17-13-20(32)26(21(33)14-17)28(40)38-22(30(42)43)12-16-8-9-19(27-18(16)7-6-10-45-27)25-23(44-4)11-15(2)39(3)29(25)41/h8-9,11,13-14,22,24,37H,5-7,10,12H2,1-4H3,(H,38,40)(H,42,43). The van der Waals surface area contributed by atoms with Crippen LogP contribution in [0.2, 0.25) is 0 Å². The Morgan fingerprint density at radius 2 is 1.82 bits per heavy atom. The molecule has 0 saturated heterocycles. The van der Waals surface area contributed by atoms with E-state index >= 15 is 0 Å². The Kier molecular flexibility index (Phi) is 9.74. The van der Waals surface area contributed by atoms with Gasteiger partial charge >= 0.3 is 12.1 Å². The van der Waals surface area contributed by atoms with E-state index in [1.54, 1.807) is 32.2 Å². The molecule has 0 bridgehead atoms. The second-order valence-corrected chi connectivity index (χ2v) is 10.7. The number of aliphatic carboxylic acids is 1. The molecule has 3 aromatic rings. The number of nitrogens with zero attached hydrogens (tertiary/aromatic N) is 1. The summed E-state index contributed by atoms with van der Waals surface area (Å²) in [6.07, 6.45) is -4.36. The van der Waals surface area contributed by atoms with Crippen LogP contribution in [0, 0.1) is 18.6 Å². The van der Waals surface area contributed by atoms with Crippen molar-refractivity contribution in [2.45, 2.75) is 57.8 Å². The minimum absolute atomic E-state index is 0.253. The zero-order valence-electron chi connectivity index (χ0n) is 24.9. The normalized spacial score (nSPS) is 14.2. The minimum Gasteiger partial charge on any atom is -0.496 e. The van der Waals surface area contributed by atoms with E-state index < -0.39 is 59.4 Å². The van der Waals surface area contributed by atoms with Gasteiger partial charge in [-0.15, -0.1) is 0 Å². The number of fused-ring (bicyclic) bond motifs is 1. The number of pyridine rings is 1. The topological polar surface area (TPSA) is 119 Å². The van der Waals surface area contributed by atoms with Crippen LogP contribution in [0.1, 0.15) is 46.9 Å². The number of ether oxygens (including phenoxy) is 2. The highest BCUT2D eigenvalue weighted by atomic mass is 19.4. The number of halogens is 5. The molecule has 1 aliphatic rings. The van der Waals surface area contributed by atoms with Crippen LogP contribution in [0.4, 0.5) is 27.6 Å². The molecule has 1 aliphatic heterocycles. The van der Waals surface area contributed by atoms with Crippen molar-refractivity contribution < 1.29 is 46.1 Å². The largest absolute Gasteiger partial charge is 0.496 e. The molecule has 0 radical (unpaired) electrons. The molecule has 2 heterocycles. The number of methoxy groups -OCH3 is 1. The van der Waals surface area contributed by atoms with Crippen molar-refractivity contribution in [2.24, 2.45) is 7.05 Å². The lowest BCUT2D eigenvalue weighted by molar-refractivity contribution is -0.143. The summed E-state index contributed by atoms with van der Waals surface area (Å²) in [6.45, 7) is 3.33. The van der Waals surface area contributed by atoms with Gasteiger partial charge in [0.15, 0.2) is 0 Å². The van der Waals surface area contributed by atoms with Crippen molar-refractivity contribution >= 4 is 17.6 Å². The number of hydrogen-bond acceptors (Lipinski definition) is 6. The monoisotopic (exact) mass is 637 g/mol. The van der Waals surface area contributed by atoms with Crippen LogP contribution in [-0.4, -0.2) is 53.5 Å². The Balaban J connectivity index is 1.65. The zero-order valence-corrected chi connectivity index (χ0v) is 24.9. The summed E-state index contributed by atoms with van der Waals surface area (Å²) in [5.41, 5.74) is 0.410. The fourth-order valence-corrected chi connectivity index (χ4v) is 5.26. The van der Waals surface area contributed by atoms with E-state index in [-0.39, 0.29) is 17.5 Å². The number of carbonyl (C=O) groups is 2. The number of benzene rings is 2. The summed E-state index contributed by atoms with van der Waals surface area (Å²) in [6, 6.07) is 2.23. The van der Waals surface area contributed by atoms with Gasteiger partial charge in [0, 0.05) is 36.5 Å². The number of aryl methyl sites for hydroxylation is 1. The van der Waals surface area contributed by atoms with Gasteiger partial charge in [0.2, 0.25) is 0 Å². The lowest BCUT2D eigenvalue weighted by Gasteiger charge is -2.25. The summed E-state index contributed by atoms with van der Waals surface area (Å²) in [5.74, 6) is -5.16. The van der Waals surface area contributed by atoms with Crippen molar-refractivity contribution in [3.63, 3.8) is 0 Å². The molecule has 0 fully saturated rings. The summed E-state index contributed by atoms with van der Waals surface area (Å²) < 4.78 is 81.9. The lowest BCUT2D eigenvalue weighted by atomic mass is 9.90. The molecule has 14 heteroatoms. The zero-order chi connectivity index (χ0) is 33.2. The van der Waals surface area contributed by atoms with E-state index in [0.29, 0.717) is 65.5 Å². The molecule has 1 amide bonds. The number of hydrogen-bond donors (Lipinski definition) is 3. The molecular weight excluding hydrogens is 605 g/mol. The highest BCUT2D eigenvalue weighted by Crippen LogP contribution is 2.41. The first-order valence-corrected chi connectivity index (χ1v) is 14.1. The van der Waals surface area contributed by atoms with Crippen molar-refractivity contribution in [3.05, 3.63) is 74.7 Å². The molecule has 4 rings (SSSR count). The Hall–Kier alpha value is -4.62. The molecule has 2 unspecified atom stereocenters. The van der Waals surface area contributed by atoms with E-state index in [1.165, 1.54) is 18.6 Å². The van der Waals surface area contributed by atoms with Gasteiger partial charge in [-0.2, -0.15) is 13.2 Å². The fraction of sp³-hybridized carbons (Fsp3) is 0.387. The lowest BCUT2D eigenvalue weighted by Crippen LogP contribution is -2.43. The predicted octanol–water partition coefficient (Wildman–Crippen LogP) is 5.15. The molecule has 242 valence electrons. The molecule has 45 heavy (non-hydrogen) atoms. The molecule has 0 aliphatic carbocycles. The van der Waals surface area contributed by atoms with Gasteiger partial charge in [-0.05, 0) is 49.4 Å². The molecule has 1 aromatic heterocycles. The van der Waals surface area contributed by atoms with Crippen LogP contribution in [0.3, 0.4) is 0 Å². The van der Waals surface area contributed by atoms with Crippen LogP contribution < -0.4 is 25.7 Å². The quantitative estimate of drug-likeness (QED) is 0.263. The van der Waals surface area contributed by atoms with Gasteiger partial charge < -0.3 is 29.8 Å². The van der Waals surface area contributed by atoms with Crippen LogP contribution in [0.15, 0.2) is 35.1 Å². The predicted molar refractivity (Wildman–Crippen MR) is 155 cm³/mol. The second-order valence-electron chi connectivity index (χ2n) is 10.7. The maximum atomic E-state index is 14.8. The highest BCUT2D eigenvalue weighted by molar-refractivity contribution is 5.97. The minimum atomic E-state index is -4.68. The molecule has 2 atom stereocenters. The van der Waals surface area contributed by atoms with Gasteiger partial charge in [0.25, 0.3) is 11.5 Å². The number of amides is 1. The maximum absolute atomic E-state index is 14.8. The number of alkyl halides is 3. The third kappa shape index (κ3) is 6.89. The molecule has 3 N–H and O–H groups in total. The van der Waals surface area contributed by atoms with Crippen molar-refractivity contribution in [3.8, 4) is 22.6 Å². The van der Waals surface area contributed by atoms with Gasteiger partial charge in [0.1, 0.15) is 40.8 Å². The Bertz CT molecular complexity index is 1660. The molecule has 0 saturated carbocycles. The van der Waals surface area contributed by atoms with E-state index in [4.69, 9.17) is 9.47 Å². The van der Waals surface area contributed by atoms with Gasteiger partial charge in [-0.25, -0.2) is 13.6 Å². The Morgan fingerprint density at radius 3 is 2.40 bits per heavy atom. The Labute approximate surface area is 255 Å². The second kappa shape index (κ2) is 13.2. The van der Waals surface area contributed by atoms with Crippen molar-refractivity contribution in [1.29, 1.82) is 0 Å². The average molecular weight is 638 g/mol. The van der Waals surface area contributed by atoms with Crippen LogP contribution in [0.5, 0.6) is 11.5 Å². The number of carboxylic acid groups (broad SMARTS) is 1. The number of anilines is 1. The van der Waals surface area contributed by atoms with Gasteiger partial charge in [-0.1, -0.05) is 19.1 Å². The van der Waals surface area contributed by atoms with Crippen molar-refractivity contribution in [2.75, 3.05) is 19.0 Å². The first-order valence-electron chi connectivity index (χ1n) is 14.1. The van der Waals surface area contributed by atoms with E-state index in [1.807, 2.05) is 5.32 Å². The van der Waals surface area contributed by atoms with E-state index in [2.05, 4.69) is 5.32 Å². The third-order valence-corrected chi connectivity index (χ3v) is 7.74. The summed E-state index contributed by atoms with van der Waals surface area (Å²) in [7, 11) is 3.04. The molecular formula is C31H32F5N3O6. The summed E-state index contributed by atoms with van der Waals surface area (Å²) >= 11 is 0. The highest BCUT2D eigenvalue weighted by Gasteiger charge is 2.38.